The maximum atomic E-state index is 10.5. The Morgan fingerprint density at radius 1 is 0.558 bits per heavy atom. The van der Waals surface area contributed by atoms with E-state index in [1.54, 1.807) is 34.9 Å². The molecular weight excluding hydrogens is 937 g/mol. The van der Waals surface area contributed by atoms with E-state index in [1.165, 1.54) is 66.7 Å². The summed E-state index contributed by atoms with van der Waals surface area (Å²) in [5, 5.41) is 1.10. The average Bonchev–Trinajstić information content (AvgIpc) is 0.706. The van der Waals surface area contributed by atoms with Gasteiger partial charge < -0.3 is 4.74 Å². The number of imidazole rings is 1. The van der Waals surface area contributed by atoms with Crippen molar-refractivity contribution >= 4 is 32.8 Å². The monoisotopic (exact) mass is 1050 g/mol. The zero-order valence-corrected chi connectivity index (χ0v) is 39.7. The zero-order valence-electron chi connectivity index (χ0n) is 88.7. The largest absolute Gasteiger partial charge is 0.458 e. The first-order chi connectivity index (χ1) is 57.0. The molecule has 0 atom stereocenters. The van der Waals surface area contributed by atoms with E-state index in [4.69, 9.17) is 52.7 Å². The summed E-state index contributed by atoms with van der Waals surface area (Å²) in [7, 11) is 0. The summed E-state index contributed by atoms with van der Waals surface area (Å²) < 4.78 is 460. The molecule has 0 amide bonds. The Balaban J connectivity index is 1.18. The summed E-state index contributed by atoms with van der Waals surface area (Å²) in [4.78, 5) is 4.61. The van der Waals surface area contributed by atoms with Crippen LogP contribution in [0.3, 0.4) is 0 Å². The Bertz CT molecular complexity index is 6120. The number of nitrogens with zero attached hydrogens (tertiary/aromatic N) is 4. The Morgan fingerprint density at radius 3 is 1.84 bits per heavy atom. The maximum Gasteiger partial charge on any atom is 0.269 e. The number of pyridine rings is 1. The minimum Gasteiger partial charge on any atom is -0.458 e. The predicted octanol–water partition coefficient (Wildman–Crippen LogP) is 18.3. The van der Waals surface area contributed by atoms with Crippen molar-refractivity contribution in [3.63, 3.8) is 0 Å². The molecule has 2 aliphatic rings. The van der Waals surface area contributed by atoms with Crippen LogP contribution in [0.4, 0.5) is 0 Å². The van der Waals surface area contributed by atoms with E-state index in [2.05, 4.69) is 11.3 Å². The van der Waals surface area contributed by atoms with E-state index in [0.717, 1.165) is 15.3 Å². The number of hydrogen-bond donors (Lipinski definition) is 0. The number of hydrogen-bond acceptors (Lipinski definition) is 2. The molecule has 11 aromatic rings. The van der Waals surface area contributed by atoms with Crippen molar-refractivity contribution in [1.82, 2.24) is 14.1 Å². The molecule has 2 aliphatic carbocycles. The van der Waals surface area contributed by atoms with Gasteiger partial charge in [-0.25, -0.2) is 4.98 Å². The molecule has 0 fully saturated rings. The lowest BCUT2D eigenvalue weighted by molar-refractivity contribution is -0.571. The highest BCUT2D eigenvalue weighted by Crippen LogP contribution is 2.50. The van der Waals surface area contributed by atoms with Crippen LogP contribution in [0.1, 0.15) is 181 Å². The lowest BCUT2D eigenvalue weighted by atomic mass is 9.62. The maximum absolute atomic E-state index is 10.5. The summed E-state index contributed by atoms with van der Waals surface area (Å²) in [6.07, 6.45) is -15.8. The van der Waals surface area contributed by atoms with E-state index in [-0.39, 0.29) is 39.6 Å². The van der Waals surface area contributed by atoms with Gasteiger partial charge in [0.25, 0.3) is 6.33 Å². The van der Waals surface area contributed by atoms with E-state index in [0.29, 0.717) is 33.9 Å². The van der Waals surface area contributed by atoms with Crippen LogP contribution in [-0.4, -0.2) is 14.1 Å². The van der Waals surface area contributed by atoms with Crippen LogP contribution in [0.5, 0.6) is 11.5 Å². The van der Waals surface area contributed by atoms with Gasteiger partial charge in [0.2, 0.25) is 0 Å². The molecule has 13 rings (SSSR count). The summed E-state index contributed by atoms with van der Waals surface area (Å²) in [5.74, 6) is -0.123. The van der Waals surface area contributed by atoms with Gasteiger partial charge in [-0.15, -0.1) is 0 Å². The number of ether oxygens (including phenoxy) is 1. The zero-order chi connectivity index (χ0) is 94.9. The van der Waals surface area contributed by atoms with Crippen LogP contribution < -0.4 is 9.30 Å². The van der Waals surface area contributed by atoms with Gasteiger partial charge in [0, 0.05) is 80.7 Å². The minimum absolute atomic E-state index is 0.0170. The molecule has 3 heterocycles. The lowest BCUT2D eigenvalue weighted by Gasteiger charge is -2.42. The molecular formula is C72H68N4O. The average molecular weight is 1050 g/mol. The summed E-state index contributed by atoms with van der Waals surface area (Å²) in [5.41, 5.74) is -37.0. The molecule has 5 heteroatoms. The fourth-order valence-corrected chi connectivity index (χ4v) is 9.74. The van der Waals surface area contributed by atoms with Crippen molar-refractivity contribution in [3.05, 3.63) is 222 Å². The van der Waals surface area contributed by atoms with E-state index in [1.807, 2.05) is 0 Å². The molecule has 0 unspecified atom stereocenters. The second kappa shape index (κ2) is 17.8. The van der Waals surface area contributed by atoms with Crippen LogP contribution >= 0.6 is 0 Å². The SMILES string of the molecule is [2H]c1c([2H])c([2H])c(-c2cnc(-n3c4ccccc4c4ccc(Oc5cccc(-n6[c-][n+](-c7c(-c8c([2H])c([2H])c9c(c8[2H])C(C([2H])([2H])[2H])(C([2H])([2H])[2H])C([2H])([2H])C([2H])([2H])C9(C([2H])([2H])[2H])C([2H])([2H])[2H])cc(C([2H])([2H])[2H])cc7-c7c([2H])c([2H])c8c(c7[2H])C(C([2H])([2H])[2H])(C([2H])([2H])[2H])C([2H])([2H])C([2H])([2H])C8(C([2H])([2H])[2H])C([2H])([2H])[2H])c7ccccc76)c5)cc43)cc2C([2H])([2H])[2H])c([2H])c1[2H]. The van der Waals surface area contributed by atoms with E-state index >= 15 is 0 Å². The van der Waals surface area contributed by atoms with Crippen molar-refractivity contribution in [2.45, 2.75) is 116 Å². The summed E-state index contributed by atoms with van der Waals surface area (Å²) in [6.45, 7) is -44.3. The van der Waals surface area contributed by atoms with Crippen LogP contribution in [0, 0.1) is 20.0 Å². The summed E-state index contributed by atoms with van der Waals surface area (Å²) in [6, 6.07) is 8.82. The third-order valence-electron chi connectivity index (χ3n) is 13.3. The van der Waals surface area contributed by atoms with Gasteiger partial charge in [0.15, 0.2) is 0 Å². The Morgan fingerprint density at radius 2 is 1.18 bits per heavy atom. The van der Waals surface area contributed by atoms with Crippen LogP contribution in [-0.2, 0) is 21.7 Å². The summed E-state index contributed by atoms with van der Waals surface area (Å²) >= 11 is 0. The normalized spacial score (nSPS) is 29.7. The number of aryl methyl sites for hydroxylation is 2. The first-order valence-electron chi connectivity index (χ1n) is 47.9. The van der Waals surface area contributed by atoms with Crippen molar-refractivity contribution in [2.75, 3.05) is 0 Å². The number of aromatic nitrogens is 4. The predicted molar refractivity (Wildman–Crippen MR) is 319 cm³/mol. The fraction of sp³-hybridized carbons (Fsp3) is 0.250. The molecule has 0 aliphatic heterocycles. The number of para-hydroxylation sites is 3. The third-order valence-corrected chi connectivity index (χ3v) is 13.3. The fourth-order valence-electron chi connectivity index (χ4n) is 9.74. The van der Waals surface area contributed by atoms with Crippen LogP contribution in [0.2, 0.25) is 0 Å². The first kappa shape index (κ1) is 18.9. The molecule has 0 saturated heterocycles. The van der Waals surface area contributed by atoms with Gasteiger partial charge in [-0.1, -0.05) is 188 Å². The molecule has 382 valence electrons. The molecule has 0 radical (unpaired) electrons. The lowest BCUT2D eigenvalue weighted by Crippen LogP contribution is -2.34. The molecule has 0 N–H and O–H groups in total. The molecule has 8 aromatic carbocycles. The first-order valence-corrected chi connectivity index (χ1v) is 23.4. The smallest absolute Gasteiger partial charge is 0.269 e. The molecule has 77 heavy (non-hydrogen) atoms. The number of rotatable bonds is 8. The second-order valence-electron chi connectivity index (χ2n) is 18.4. The van der Waals surface area contributed by atoms with Crippen LogP contribution in [0.25, 0.3) is 83.4 Å². The Hall–Kier alpha value is -8.02. The highest BCUT2D eigenvalue weighted by atomic mass is 16.5. The van der Waals surface area contributed by atoms with Crippen molar-refractivity contribution in [2.24, 2.45) is 0 Å². The number of fused-ring (bicyclic) bond motifs is 6. The molecule has 5 nitrogen and oxygen atoms in total. The van der Waals surface area contributed by atoms with Crippen molar-refractivity contribution in [1.29, 1.82) is 0 Å². The van der Waals surface area contributed by atoms with Gasteiger partial charge in [-0.3, -0.25) is 13.7 Å². The van der Waals surface area contributed by atoms with Gasteiger partial charge in [0.1, 0.15) is 17.3 Å². The standard InChI is InChI=1S/C72H68N4O/c1-46-37-56(49-27-31-59-61(40-49)71(7,8)35-33-69(59,3)4)68(57(38-46)50-28-32-60-62(41-50)72(9,10)36-34-70(60,5)6)75-45-74(64-25-16-17-26-65(64)75)51-21-18-22-52(42-51)77-53-29-30-55-54-23-14-15-24-63(54)76(66(55)43-53)67-39-47(2)58(44-73-67)48-19-12-11-13-20-48/h11-32,37-44H,33-36H2,1-10H3/i1D3,2D3,3D3,4D3,5D3,6D3,7D3,8D3,9D3,10D3,11D,12D,13D,19D,20D,27D,28D,31D,32D,33D2,34D2,35D2,36D2,40D,41D. The molecule has 0 bridgehead atoms. The quantitative estimate of drug-likeness (QED) is 0.112. The third kappa shape index (κ3) is 8.20. The molecule has 3 aromatic heterocycles. The number of benzene rings is 8. The second-order valence-corrected chi connectivity index (χ2v) is 18.4. The van der Waals surface area contributed by atoms with Gasteiger partial charge >= 0.3 is 0 Å². The van der Waals surface area contributed by atoms with Gasteiger partial charge in [0.05, 0.1) is 48.5 Å². The molecule has 0 saturated carbocycles. The Kier molecular flexibility index (Phi) is 4.36. The van der Waals surface area contributed by atoms with Crippen molar-refractivity contribution in [3.8, 4) is 62.1 Å². The highest BCUT2D eigenvalue weighted by molar-refractivity contribution is 6.09. The topological polar surface area (TPSA) is 35.9 Å². The Labute approximate surface area is 523 Å². The molecule has 0 spiro atoms. The van der Waals surface area contributed by atoms with Gasteiger partial charge in [-0.2, -0.15) is 0 Å². The van der Waals surface area contributed by atoms with Crippen LogP contribution in [0.15, 0.2) is 182 Å². The van der Waals surface area contributed by atoms with Crippen molar-refractivity contribution < 1.29 is 76.5 Å². The van der Waals surface area contributed by atoms with Gasteiger partial charge in [-0.05, 0) is 159 Å². The van der Waals surface area contributed by atoms with E-state index < -0.39 is 249 Å². The minimum atomic E-state index is -5.00. The highest BCUT2D eigenvalue weighted by Gasteiger charge is 2.39. The van der Waals surface area contributed by atoms with E-state index in [9.17, 15) is 19.2 Å².